The summed E-state index contributed by atoms with van der Waals surface area (Å²) in [4.78, 5) is 4.27. The molecule has 1 aliphatic rings. The van der Waals surface area contributed by atoms with Gasteiger partial charge in [-0.2, -0.15) is 9.36 Å². The minimum absolute atomic E-state index is 0.258. The molecule has 0 aliphatic heterocycles. The normalized spacial score (nSPS) is 14.9. The van der Waals surface area contributed by atoms with Crippen molar-refractivity contribution in [2.75, 3.05) is 5.73 Å². The van der Waals surface area contributed by atoms with Gasteiger partial charge in [0, 0.05) is 23.5 Å². The molecule has 1 fully saturated rings. The van der Waals surface area contributed by atoms with E-state index in [-0.39, 0.29) is 11.5 Å². The first-order chi connectivity index (χ1) is 8.22. The van der Waals surface area contributed by atoms with Crippen molar-refractivity contribution in [2.45, 2.75) is 18.8 Å². The molecule has 3 rings (SSSR count). The first-order valence-electron chi connectivity index (χ1n) is 5.29. The first-order valence-corrected chi connectivity index (χ1v) is 6.06. The fourth-order valence-corrected chi connectivity index (χ4v) is 2.10. The van der Waals surface area contributed by atoms with E-state index in [1.165, 1.54) is 29.7 Å². The molecule has 17 heavy (non-hydrogen) atoms. The molecule has 0 bridgehead atoms. The average Bonchev–Trinajstić information content (AvgIpc) is 3.04. The second-order valence-corrected chi connectivity index (χ2v) is 4.69. The van der Waals surface area contributed by atoms with Crippen LogP contribution in [0.1, 0.15) is 24.6 Å². The number of aromatic nitrogens is 2. The topological polar surface area (TPSA) is 61.0 Å². The van der Waals surface area contributed by atoms with Crippen molar-refractivity contribution in [3.8, 4) is 10.9 Å². The van der Waals surface area contributed by atoms with Crippen LogP contribution in [0.25, 0.3) is 0 Å². The van der Waals surface area contributed by atoms with Crippen LogP contribution in [0.5, 0.6) is 10.9 Å². The molecule has 1 aromatic carbocycles. The van der Waals surface area contributed by atoms with Gasteiger partial charge >= 0.3 is 0 Å². The van der Waals surface area contributed by atoms with Crippen LogP contribution in [0.4, 0.5) is 10.1 Å². The monoisotopic (exact) mass is 251 g/mol. The van der Waals surface area contributed by atoms with Crippen molar-refractivity contribution < 1.29 is 9.13 Å². The predicted octanol–water partition coefficient (Wildman–Crippen LogP) is 2.93. The fraction of sp³-hybridized carbons (Fsp3) is 0.273. The summed E-state index contributed by atoms with van der Waals surface area (Å²) >= 11 is 1.19. The van der Waals surface area contributed by atoms with Crippen LogP contribution in [0, 0.1) is 5.82 Å². The van der Waals surface area contributed by atoms with E-state index >= 15 is 0 Å². The summed E-state index contributed by atoms with van der Waals surface area (Å²) in [5.41, 5.74) is 5.90. The van der Waals surface area contributed by atoms with Crippen LogP contribution in [-0.2, 0) is 0 Å². The molecule has 6 heteroatoms. The van der Waals surface area contributed by atoms with Crippen molar-refractivity contribution >= 4 is 17.2 Å². The summed E-state index contributed by atoms with van der Waals surface area (Å²) in [6.45, 7) is 0. The Bertz CT molecular complexity index is 553. The standard InChI is InChI=1S/C11H10FN3OS/c12-7-3-4-9(8(13)5-7)16-11-14-10(15-17-11)6-1-2-6/h3-6H,1-2,13H2. The lowest BCUT2D eigenvalue weighted by Gasteiger charge is -2.04. The molecule has 1 aromatic heterocycles. The van der Waals surface area contributed by atoms with Crippen LogP contribution in [0.15, 0.2) is 18.2 Å². The molecule has 0 saturated heterocycles. The van der Waals surface area contributed by atoms with Crippen LogP contribution < -0.4 is 10.5 Å². The Hall–Kier alpha value is -1.69. The second-order valence-electron chi connectivity index (χ2n) is 3.98. The number of nitrogen functional groups attached to an aromatic ring is 1. The molecule has 1 saturated carbocycles. The van der Waals surface area contributed by atoms with Crippen molar-refractivity contribution in [3.05, 3.63) is 29.8 Å². The highest BCUT2D eigenvalue weighted by Crippen LogP contribution is 2.40. The number of hydrogen-bond donors (Lipinski definition) is 1. The van der Waals surface area contributed by atoms with Crippen molar-refractivity contribution in [3.63, 3.8) is 0 Å². The number of nitrogens with zero attached hydrogens (tertiary/aromatic N) is 2. The number of benzene rings is 1. The number of hydrogen-bond acceptors (Lipinski definition) is 5. The third kappa shape index (κ3) is 2.21. The van der Waals surface area contributed by atoms with Crippen LogP contribution in [0.2, 0.25) is 0 Å². The number of ether oxygens (including phenoxy) is 1. The van der Waals surface area contributed by atoms with E-state index in [0.29, 0.717) is 16.9 Å². The lowest BCUT2D eigenvalue weighted by atomic mass is 10.3. The molecule has 1 heterocycles. The zero-order valence-electron chi connectivity index (χ0n) is 8.89. The Morgan fingerprint density at radius 3 is 2.94 bits per heavy atom. The van der Waals surface area contributed by atoms with E-state index in [0.717, 1.165) is 18.7 Å². The number of halogens is 1. The summed E-state index contributed by atoms with van der Waals surface area (Å²) in [5, 5.41) is 0.449. The quantitative estimate of drug-likeness (QED) is 0.852. The average molecular weight is 251 g/mol. The lowest BCUT2D eigenvalue weighted by Crippen LogP contribution is -1.93. The van der Waals surface area contributed by atoms with Gasteiger partial charge in [0.2, 0.25) is 0 Å². The van der Waals surface area contributed by atoms with E-state index in [1.807, 2.05) is 0 Å². The Morgan fingerprint density at radius 2 is 2.24 bits per heavy atom. The molecule has 0 spiro atoms. The molecule has 0 radical (unpaired) electrons. The number of nitrogens with two attached hydrogens (primary N) is 1. The maximum absolute atomic E-state index is 12.8. The zero-order valence-corrected chi connectivity index (χ0v) is 9.71. The predicted molar refractivity (Wildman–Crippen MR) is 62.8 cm³/mol. The molecule has 2 aromatic rings. The molecule has 2 N–H and O–H groups in total. The smallest absolute Gasteiger partial charge is 0.298 e. The molecular formula is C11H10FN3OS. The maximum atomic E-state index is 12.8. The molecule has 0 unspecified atom stereocenters. The maximum Gasteiger partial charge on any atom is 0.298 e. The largest absolute Gasteiger partial charge is 0.428 e. The van der Waals surface area contributed by atoms with Gasteiger partial charge in [-0.3, -0.25) is 0 Å². The summed E-state index contributed by atoms with van der Waals surface area (Å²) in [7, 11) is 0. The van der Waals surface area contributed by atoms with E-state index < -0.39 is 0 Å². The van der Waals surface area contributed by atoms with Gasteiger partial charge in [-0.15, -0.1) is 0 Å². The number of rotatable bonds is 3. The Morgan fingerprint density at radius 1 is 1.41 bits per heavy atom. The Balaban J connectivity index is 1.80. The van der Waals surface area contributed by atoms with Crippen molar-refractivity contribution in [1.82, 2.24) is 9.36 Å². The summed E-state index contributed by atoms with van der Waals surface area (Å²) in [5.74, 6) is 1.36. The third-order valence-corrected chi connectivity index (χ3v) is 3.14. The van der Waals surface area contributed by atoms with Gasteiger partial charge in [-0.05, 0) is 25.0 Å². The van der Waals surface area contributed by atoms with Crippen LogP contribution in [-0.4, -0.2) is 9.36 Å². The highest BCUT2D eigenvalue weighted by molar-refractivity contribution is 7.07. The minimum Gasteiger partial charge on any atom is -0.428 e. The molecular weight excluding hydrogens is 241 g/mol. The highest BCUT2D eigenvalue weighted by Gasteiger charge is 2.28. The van der Waals surface area contributed by atoms with Gasteiger partial charge in [0.1, 0.15) is 11.6 Å². The zero-order chi connectivity index (χ0) is 11.8. The second kappa shape index (κ2) is 3.96. The molecule has 0 amide bonds. The SMILES string of the molecule is Nc1cc(F)ccc1Oc1nc(C2CC2)ns1. The van der Waals surface area contributed by atoms with E-state index in [9.17, 15) is 4.39 Å². The van der Waals surface area contributed by atoms with Gasteiger partial charge in [0.15, 0.2) is 5.75 Å². The number of anilines is 1. The van der Waals surface area contributed by atoms with Gasteiger partial charge in [-0.25, -0.2) is 4.39 Å². The van der Waals surface area contributed by atoms with E-state index in [1.54, 1.807) is 0 Å². The Labute approximate surface area is 101 Å². The molecule has 0 atom stereocenters. The van der Waals surface area contributed by atoms with Gasteiger partial charge in [0.05, 0.1) is 5.69 Å². The highest BCUT2D eigenvalue weighted by atomic mass is 32.1. The molecule has 88 valence electrons. The molecule has 1 aliphatic carbocycles. The third-order valence-electron chi connectivity index (χ3n) is 2.53. The van der Waals surface area contributed by atoms with Crippen molar-refractivity contribution in [2.24, 2.45) is 0 Å². The fourth-order valence-electron chi connectivity index (χ4n) is 1.48. The summed E-state index contributed by atoms with van der Waals surface area (Å²) in [6.07, 6.45) is 2.30. The van der Waals surface area contributed by atoms with Gasteiger partial charge < -0.3 is 10.5 Å². The van der Waals surface area contributed by atoms with E-state index in [2.05, 4.69) is 9.36 Å². The summed E-state index contributed by atoms with van der Waals surface area (Å²) in [6, 6.07) is 4.01. The van der Waals surface area contributed by atoms with E-state index in [4.69, 9.17) is 10.5 Å². The Kier molecular flexibility index (Phi) is 2.44. The minimum atomic E-state index is -0.384. The first kappa shape index (κ1) is 10.5. The lowest BCUT2D eigenvalue weighted by molar-refractivity contribution is 0.477. The van der Waals surface area contributed by atoms with Gasteiger partial charge in [0.25, 0.3) is 5.19 Å². The van der Waals surface area contributed by atoms with Crippen LogP contribution in [0.3, 0.4) is 0 Å². The summed E-state index contributed by atoms with van der Waals surface area (Å²) < 4.78 is 22.5. The van der Waals surface area contributed by atoms with Crippen molar-refractivity contribution in [1.29, 1.82) is 0 Å². The van der Waals surface area contributed by atoms with Gasteiger partial charge in [-0.1, -0.05) is 0 Å². The molecule has 4 nitrogen and oxygen atoms in total. The van der Waals surface area contributed by atoms with Crippen LogP contribution >= 0.6 is 11.5 Å².